The molecule has 1 amide bonds. The van der Waals surface area contributed by atoms with Gasteiger partial charge in [-0.25, -0.2) is 13.2 Å². The highest BCUT2D eigenvalue weighted by molar-refractivity contribution is 7.90. The van der Waals surface area contributed by atoms with Crippen LogP contribution in [0.5, 0.6) is 0 Å². The summed E-state index contributed by atoms with van der Waals surface area (Å²) < 4.78 is 28.3. The molecule has 1 aromatic rings. The number of esters is 1. The fraction of sp³-hybridized carbons (Fsp3) is 0.474. The molecule has 0 fully saturated rings. The van der Waals surface area contributed by atoms with Gasteiger partial charge in [0.05, 0.1) is 10.5 Å². The fourth-order valence-electron chi connectivity index (χ4n) is 2.76. The molecule has 2 rings (SSSR count). The monoisotopic (exact) mass is 379 g/mol. The molecule has 7 heteroatoms. The molecule has 26 heavy (non-hydrogen) atoms. The van der Waals surface area contributed by atoms with E-state index in [-0.39, 0.29) is 16.4 Å². The maximum atomic E-state index is 12.2. The molecule has 1 aliphatic carbocycles. The van der Waals surface area contributed by atoms with Crippen LogP contribution < -0.4 is 5.32 Å². The van der Waals surface area contributed by atoms with E-state index in [0.29, 0.717) is 6.54 Å². The van der Waals surface area contributed by atoms with Gasteiger partial charge in [0.25, 0.3) is 5.91 Å². The van der Waals surface area contributed by atoms with Gasteiger partial charge in [0.1, 0.15) is 0 Å². The van der Waals surface area contributed by atoms with Crippen LogP contribution in [0.25, 0.3) is 0 Å². The third-order valence-electron chi connectivity index (χ3n) is 4.28. The molecule has 0 unspecified atom stereocenters. The van der Waals surface area contributed by atoms with Crippen LogP contribution in [0.15, 0.2) is 40.8 Å². The van der Waals surface area contributed by atoms with Crippen molar-refractivity contribution in [1.82, 2.24) is 5.32 Å². The molecule has 6 nitrogen and oxygen atoms in total. The van der Waals surface area contributed by atoms with E-state index in [1.807, 2.05) is 0 Å². The van der Waals surface area contributed by atoms with Crippen LogP contribution in [0.1, 0.15) is 49.4 Å². The van der Waals surface area contributed by atoms with Crippen molar-refractivity contribution in [1.29, 1.82) is 0 Å². The van der Waals surface area contributed by atoms with Crippen molar-refractivity contribution in [3.63, 3.8) is 0 Å². The predicted octanol–water partition coefficient (Wildman–Crippen LogP) is 2.64. The number of amides is 1. The van der Waals surface area contributed by atoms with E-state index in [9.17, 15) is 18.0 Å². The smallest absolute Gasteiger partial charge is 0.338 e. The zero-order valence-corrected chi connectivity index (χ0v) is 16.0. The van der Waals surface area contributed by atoms with Crippen LogP contribution in [-0.2, 0) is 19.4 Å². The Balaban J connectivity index is 1.86. The summed E-state index contributed by atoms with van der Waals surface area (Å²) in [5.41, 5.74) is 1.46. The summed E-state index contributed by atoms with van der Waals surface area (Å²) in [4.78, 5) is 24.3. The number of ether oxygens (including phenoxy) is 1. The van der Waals surface area contributed by atoms with Gasteiger partial charge >= 0.3 is 5.97 Å². The second-order valence-electron chi connectivity index (χ2n) is 6.50. The molecule has 1 aliphatic rings. The van der Waals surface area contributed by atoms with Crippen molar-refractivity contribution in [2.24, 2.45) is 0 Å². The van der Waals surface area contributed by atoms with E-state index in [1.165, 1.54) is 49.6 Å². The first-order valence-electron chi connectivity index (χ1n) is 8.74. The summed E-state index contributed by atoms with van der Waals surface area (Å²) in [6, 6.07) is 5.58. The van der Waals surface area contributed by atoms with E-state index >= 15 is 0 Å². The predicted molar refractivity (Wildman–Crippen MR) is 98.6 cm³/mol. The average Bonchev–Trinajstić information content (AvgIpc) is 2.61. The standard InChI is InChI=1S/C19H25NO5S/c1-14(18(21)20-12-11-15-7-4-3-5-8-15)25-19(22)16-9-6-10-17(13-16)26(2,23)24/h6-7,9-10,13-14H,3-5,8,11-12H2,1-2H3,(H,20,21)/t14-/m0/s1. The molecule has 1 N–H and O–H groups in total. The highest BCUT2D eigenvalue weighted by Gasteiger charge is 2.20. The third kappa shape index (κ3) is 5.98. The van der Waals surface area contributed by atoms with Gasteiger partial charge in [-0.3, -0.25) is 4.79 Å². The average molecular weight is 379 g/mol. The topological polar surface area (TPSA) is 89.5 Å². The number of carbonyl (C=O) groups excluding carboxylic acids is 2. The number of hydrogen-bond acceptors (Lipinski definition) is 5. The van der Waals surface area contributed by atoms with E-state index in [0.717, 1.165) is 25.5 Å². The van der Waals surface area contributed by atoms with Crippen LogP contribution in [0.3, 0.4) is 0 Å². The van der Waals surface area contributed by atoms with Crippen LogP contribution in [0, 0.1) is 0 Å². The van der Waals surface area contributed by atoms with Crippen molar-refractivity contribution in [2.75, 3.05) is 12.8 Å². The summed E-state index contributed by atoms with van der Waals surface area (Å²) in [7, 11) is -3.42. The van der Waals surface area contributed by atoms with Crippen LogP contribution >= 0.6 is 0 Å². The summed E-state index contributed by atoms with van der Waals surface area (Å²) in [6.07, 6.45) is 7.75. The Kier molecular flexibility index (Phi) is 6.97. The molecule has 0 saturated carbocycles. The molecule has 0 radical (unpaired) electrons. The minimum atomic E-state index is -3.42. The number of hydrogen-bond donors (Lipinski definition) is 1. The van der Waals surface area contributed by atoms with Gasteiger partial charge in [-0.2, -0.15) is 0 Å². The maximum Gasteiger partial charge on any atom is 0.338 e. The Hall–Kier alpha value is -2.15. The number of allylic oxidation sites excluding steroid dienone is 1. The van der Waals surface area contributed by atoms with Crippen molar-refractivity contribution in [3.8, 4) is 0 Å². The molecule has 0 aliphatic heterocycles. The molecule has 1 aromatic carbocycles. The van der Waals surface area contributed by atoms with Gasteiger partial charge in [-0.1, -0.05) is 17.7 Å². The van der Waals surface area contributed by atoms with E-state index in [1.54, 1.807) is 0 Å². The first-order valence-corrected chi connectivity index (χ1v) is 10.6. The minimum Gasteiger partial charge on any atom is -0.449 e. The van der Waals surface area contributed by atoms with Crippen LogP contribution in [0.4, 0.5) is 0 Å². The zero-order valence-electron chi connectivity index (χ0n) is 15.2. The number of nitrogens with one attached hydrogen (secondary N) is 1. The molecule has 0 bridgehead atoms. The Morgan fingerprint density at radius 3 is 2.69 bits per heavy atom. The molecular weight excluding hydrogens is 354 g/mol. The lowest BCUT2D eigenvalue weighted by molar-refractivity contribution is -0.129. The molecule has 1 atom stereocenters. The zero-order chi connectivity index (χ0) is 19.2. The number of benzene rings is 1. The second-order valence-corrected chi connectivity index (χ2v) is 8.51. The highest BCUT2D eigenvalue weighted by atomic mass is 32.2. The summed E-state index contributed by atoms with van der Waals surface area (Å²) in [5, 5.41) is 2.77. The quantitative estimate of drug-likeness (QED) is 0.581. The normalized spacial score (nSPS) is 15.7. The van der Waals surface area contributed by atoms with Gasteiger partial charge < -0.3 is 10.1 Å². The number of sulfone groups is 1. The van der Waals surface area contributed by atoms with Crippen LogP contribution in [0.2, 0.25) is 0 Å². The Bertz CT molecular complexity index is 798. The summed E-state index contributed by atoms with van der Waals surface area (Å²) in [6.45, 7) is 2.00. The first-order chi connectivity index (χ1) is 12.3. The van der Waals surface area contributed by atoms with E-state index in [4.69, 9.17) is 4.74 Å². The largest absolute Gasteiger partial charge is 0.449 e. The van der Waals surface area contributed by atoms with Crippen molar-refractivity contribution in [2.45, 2.75) is 50.0 Å². The number of rotatable bonds is 7. The maximum absolute atomic E-state index is 12.2. The molecule has 0 spiro atoms. The van der Waals surface area contributed by atoms with E-state index < -0.39 is 21.9 Å². The molecular formula is C19H25NO5S. The summed E-state index contributed by atoms with van der Waals surface area (Å²) in [5.74, 6) is -1.10. The minimum absolute atomic E-state index is 0.0322. The Morgan fingerprint density at radius 1 is 1.27 bits per heavy atom. The van der Waals surface area contributed by atoms with Gasteiger partial charge in [-0.05, 0) is 57.2 Å². The molecule has 142 valence electrons. The fourth-order valence-corrected chi connectivity index (χ4v) is 3.42. The SMILES string of the molecule is C[C@H](OC(=O)c1cccc(S(C)(=O)=O)c1)C(=O)NCCC1=CCCCC1. The first kappa shape index (κ1) is 20.2. The highest BCUT2D eigenvalue weighted by Crippen LogP contribution is 2.19. The van der Waals surface area contributed by atoms with Crippen molar-refractivity contribution >= 4 is 21.7 Å². The lowest BCUT2D eigenvalue weighted by Crippen LogP contribution is -2.36. The lowest BCUT2D eigenvalue weighted by Gasteiger charge is -2.15. The third-order valence-corrected chi connectivity index (χ3v) is 5.39. The Labute approximate surface area is 154 Å². The van der Waals surface area contributed by atoms with Gasteiger partial charge in [0.2, 0.25) is 0 Å². The van der Waals surface area contributed by atoms with Crippen molar-refractivity contribution < 1.29 is 22.7 Å². The molecule has 0 saturated heterocycles. The molecule has 0 aromatic heterocycles. The number of carbonyl (C=O) groups is 2. The lowest BCUT2D eigenvalue weighted by atomic mass is 9.97. The Morgan fingerprint density at radius 2 is 2.04 bits per heavy atom. The second kappa shape index (κ2) is 8.98. The van der Waals surface area contributed by atoms with Gasteiger partial charge in [0, 0.05) is 12.8 Å². The van der Waals surface area contributed by atoms with Crippen LogP contribution in [-0.4, -0.2) is 39.2 Å². The van der Waals surface area contributed by atoms with Gasteiger partial charge in [-0.15, -0.1) is 0 Å². The molecule has 0 heterocycles. The van der Waals surface area contributed by atoms with E-state index in [2.05, 4.69) is 11.4 Å². The summed E-state index contributed by atoms with van der Waals surface area (Å²) >= 11 is 0. The van der Waals surface area contributed by atoms with Gasteiger partial charge in [0.15, 0.2) is 15.9 Å². The van der Waals surface area contributed by atoms with Crippen molar-refractivity contribution in [3.05, 3.63) is 41.5 Å².